The number of hydrogen-bond acceptors (Lipinski definition) is 5. The third-order valence-electron chi connectivity index (χ3n) is 5.40. The number of carbonyl (C=O) groups excluding carboxylic acids is 3. The van der Waals surface area contributed by atoms with Gasteiger partial charge < -0.3 is 9.88 Å². The highest BCUT2D eigenvalue weighted by Gasteiger charge is 2.42. The zero-order valence-corrected chi connectivity index (χ0v) is 18.7. The number of fused-ring (bicyclic) bond motifs is 2. The van der Waals surface area contributed by atoms with E-state index in [0.717, 1.165) is 4.90 Å². The number of benzene rings is 2. The number of likely N-dealkylation sites (N-methyl/N-ethyl adjacent to an activating group) is 1. The van der Waals surface area contributed by atoms with Gasteiger partial charge in [0.2, 0.25) is 5.91 Å². The number of aromatic nitrogens is 2. The second-order valence-corrected chi connectivity index (χ2v) is 8.16. The Morgan fingerprint density at radius 3 is 2.28 bits per heavy atom. The Morgan fingerprint density at radius 2 is 1.69 bits per heavy atom. The molecule has 4 rings (SSSR count). The van der Waals surface area contributed by atoms with Crippen LogP contribution in [0.5, 0.6) is 0 Å². The zero-order chi connectivity index (χ0) is 23.2. The Labute approximate surface area is 192 Å². The number of rotatable bonds is 5. The minimum Gasteiger partial charge on any atom is -0.334 e. The number of carbonyl (C=O) groups is 3. The molecule has 2 aromatic carbocycles. The Morgan fingerprint density at radius 1 is 1.09 bits per heavy atom. The summed E-state index contributed by atoms with van der Waals surface area (Å²) in [6.07, 6.45) is 0. The lowest BCUT2D eigenvalue weighted by atomic mass is 10.1. The van der Waals surface area contributed by atoms with Crippen molar-refractivity contribution in [1.82, 2.24) is 19.8 Å². The van der Waals surface area contributed by atoms with Crippen molar-refractivity contribution >= 4 is 51.8 Å². The minimum absolute atomic E-state index is 0.0145. The van der Waals surface area contributed by atoms with E-state index in [1.807, 2.05) is 0 Å². The van der Waals surface area contributed by atoms with Crippen LogP contribution in [-0.2, 0) is 11.3 Å². The smallest absolute Gasteiger partial charge is 0.262 e. The van der Waals surface area contributed by atoms with Gasteiger partial charge in [-0.3, -0.25) is 24.1 Å². The molecule has 1 unspecified atom stereocenters. The SMILES string of the molecule is CCN(Cc1nc2ccccc2c(=O)[nH]1)C(=O)C(C)N1C(=O)c2cc(Cl)c(Cl)cc2C1=O. The number of nitrogens with zero attached hydrogens (tertiary/aromatic N) is 3. The highest BCUT2D eigenvalue weighted by atomic mass is 35.5. The van der Waals surface area contributed by atoms with Crippen molar-refractivity contribution in [2.45, 2.75) is 26.4 Å². The summed E-state index contributed by atoms with van der Waals surface area (Å²) >= 11 is 12.0. The van der Waals surface area contributed by atoms with Crippen LogP contribution in [-0.4, -0.2) is 50.1 Å². The Bertz CT molecular complexity index is 1300. The van der Waals surface area contributed by atoms with Crippen molar-refractivity contribution in [2.24, 2.45) is 0 Å². The van der Waals surface area contributed by atoms with Gasteiger partial charge in [-0.15, -0.1) is 0 Å². The second kappa shape index (κ2) is 8.37. The monoisotopic (exact) mass is 472 g/mol. The molecule has 0 saturated carbocycles. The number of H-pyrrole nitrogens is 1. The molecule has 0 radical (unpaired) electrons. The maximum absolute atomic E-state index is 13.2. The van der Waals surface area contributed by atoms with Crippen LogP contribution in [0.1, 0.15) is 40.4 Å². The predicted molar refractivity (Wildman–Crippen MR) is 120 cm³/mol. The molecule has 164 valence electrons. The van der Waals surface area contributed by atoms with Crippen LogP contribution in [0, 0.1) is 0 Å². The maximum atomic E-state index is 13.2. The van der Waals surface area contributed by atoms with E-state index in [1.165, 1.54) is 24.0 Å². The minimum atomic E-state index is -1.08. The van der Waals surface area contributed by atoms with Crippen LogP contribution in [0.3, 0.4) is 0 Å². The summed E-state index contributed by atoms with van der Waals surface area (Å²) in [5.74, 6) is -1.39. The van der Waals surface area contributed by atoms with Crippen molar-refractivity contribution in [2.75, 3.05) is 6.54 Å². The summed E-state index contributed by atoms with van der Waals surface area (Å²) in [5, 5.41) is 0.741. The molecule has 0 aliphatic carbocycles. The summed E-state index contributed by atoms with van der Waals surface area (Å²) < 4.78 is 0. The van der Waals surface area contributed by atoms with Gasteiger partial charge in [0, 0.05) is 6.54 Å². The van der Waals surface area contributed by atoms with Crippen molar-refractivity contribution in [3.8, 4) is 0 Å². The first-order valence-corrected chi connectivity index (χ1v) is 10.6. The Kier molecular flexibility index (Phi) is 5.75. The molecule has 3 amide bonds. The van der Waals surface area contributed by atoms with Crippen LogP contribution in [0.4, 0.5) is 0 Å². The molecule has 3 aromatic rings. The van der Waals surface area contributed by atoms with Crippen LogP contribution in [0.15, 0.2) is 41.2 Å². The third-order valence-corrected chi connectivity index (χ3v) is 6.12. The quantitative estimate of drug-likeness (QED) is 0.573. The van der Waals surface area contributed by atoms with Gasteiger partial charge in [0.1, 0.15) is 11.9 Å². The van der Waals surface area contributed by atoms with Crippen LogP contribution < -0.4 is 5.56 Å². The van der Waals surface area contributed by atoms with Gasteiger partial charge in [0.15, 0.2) is 0 Å². The molecule has 0 bridgehead atoms. The van der Waals surface area contributed by atoms with Gasteiger partial charge in [-0.1, -0.05) is 35.3 Å². The van der Waals surface area contributed by atoms with Crippen molar-refractivity contribution in [1.29, 1.82) is 0 Å². The summed E-state index contributed by atoms with van der Waals surface area (Å²) in [7, 11) is 0. The van der Waals surface area contributed by atoms with E-state index < -0.39 is 23.8 Å². The van der Waals surface area contributed by atoms with E-state index in [9.17, 15) is 19.2 Å². The Hall–Kier alpha value is -3.23. The number of para-hydroxylation sites is 1. The molecular weight excluding hydrogens is 455 g/mol. The van der Waals surface area contributed by atoms with Gasteiger partial charge in [-0.25, -0.2) is 4.98 Å². The summed E-state index contributed by atoms with van der Waals surface area (Å²) in [4.78, 5) is 60.7. The van der Waals surface area contributed by atoms with Gasteiger partial charge in [-0.05, 0) is 38.1 Å². The van der Waals surface area contributed by atoms with E-state index in [1.54, 1.807) is 31.2 Å². The van der Waals surface area contributed by atoms with E-state index in [4.69, 9.17) is 23.2 Å². The number of halogens is 2. The van der Waals surface area contributed by atoms with Crippen molar-refractivity contribution in [3.05, 3.63) is 73.7 Å². The number of nitrogens with one attached hydrogen (secondary N) is 1. The molecule has 10 heteroatoms. The number of imide groups is 1. The van der Waals surface area contributed by atoms with E-state index in [2.05, 4.69) is 9.97 Å². The van der Waals surface area contributed by atoms with Crippen molar-refractivity contribution < 1.29 is 14.4 Å². The first-order chi connectivity index (χ1) is 15.2. The van der Waals surface area contributed by atoms with Crippen LogP contribution in [0.2, 0.25) is 10.0 Å². The predicted octanol–water partition coefficient (Wildman–Crippen LogP) is 3.26. The average Bonchev–Trinajstić information content (AvgIpc) is 3.01. The number of hydrogen-bond donors (Lipinski definition) is 1. The fraction of sp³-hybridized carbons (Fsp3) is 0.227. The van der Waals surface area contributed by atoms with Crippen LogP contribution >= 0.6 is 23.2 Å². The van der Waals surface area contributed by atoms with Gasteiger partial charge in [-0.2, -0.15) is 0 Å². The largest absolute Gasteiger partial charge is 0.334 e. The number of aromatic amines is 1. The van der Waals surface area contributed by atoms with E-state index >= 15 is 0 Å². The first kappa shape index (κ1) is 22.0. The zero-order valence-electron chi connectivity index (χ0n) is 17.2. The van der Waals surface area contributed by atoms with Crippen molar-refractivity contribution in [3.63, 3.8) is 0 Å². The molecule has 2 heterocycles. The molecule has 1 atom stereocenters. The van der Waals surface area contributed by atoms with E-state index in [-0.39, 0.29) is 39.8 Å². The molecule has 0 spiro atoms. The molecular formula is C22H18Cl2N4O4. The van der Waals surface area contributed by atoms with Gasteiger partial charge >= 0.3 is 0 Å². The molecule has 1 aliphatic heterocycles. The standard InChI is InChI=1S/C22H18Cl2N4O4/c1-3-27(10-18-25-17-7-5-4-6-12(17)19(29)26-18)20(30)11(2)28-21(31)13-8-15(23)16(24)9-14(13)22(28)32/h4-9,11H,3,10H2,1-2H3,(H,25,26,29). The lowest BCUT2D eigenvalue weighted by molar-refractivity contribution is -0.135. The molecule has 1 N–H and O–H groups in total. The normalized spacial score (nSPS) is 14.1. The molecule has 32 heavy (non-hydrogen) atoms. The Balaban J connectivity index is 1.59. The number of amides is 3. The molecule has 0 saturated heterocycles. The fourth-order valence-electron chi connectivity index (χ4n) is 3.72. The molecule has 8 nitrogen and oxygen atoms in total. The molecule has 0 fully saturated rings. The lowest BCUT2D eigenvalue weighted by Crippen LogP contribution is -2.49. The third kappa shape index (κ3) is 3.65. The van der Waals surface area contributed by atoms with Gasteiger partial charge in [0.25, 0.3) is 17.4 Å². The highest BCUT2D eigenvalue weighted by molar-refractivity contribution is 6.43. The summed E-state index contributed by atoms with van der Waals surface area (Å²) in [6.45, 7) is 3.53. The molecule has 1 aliphatic rings. The first-order valence-electron chi connectivity index (χ1n) is 9.86. The average molecular weight is 473 g/mol. The van der Waals surface area contributed by atoms with Crippen LogP contribution in [0.25, 0.3) is 10.9 Å². The highest BCUT2D eigenvalue weighted by Crippen LogP contribution is 2.32. The lowest BCUT2D eigenvalue weighted by Gasteiger charge is -2.28. The maximum Gasteiger partial charge on any atom is 0.262 e. The topological polar surface area (TPSA) is 103 Å². The molecule has 1 aromatic heterocycles. The summed E-state index contributed by atoms with van der Waals surface area (Å²) in [5.41, 5.74) is 0.411. The second-order valence-electron chi connectivity index (χ2n) is 7.35. The fourth-order valence-corrected chi connectivity index (χ4v) is 4.04. The van der Waals surface area contributed by atoms with Gasteiger partial charge in [0.05, 0.1) is 38.6 Å². The summed E-state index contributed by atoms with van der Waals surface area (Å²) in [6, 6.07) is 8.47. The van der Waals surface area contributed by atoms with E-state index in [0.29, 0.717) is 16.7 Å².